The van der Waals surface area contributed by atoms with E-state index >= 15 is 0 Å². The van der Waals surface area contributed by atoms with E-state index in [0.717, 1.165) is 4.90 Å². The third-order valence-corrected chi connectivity index (χ3v) is 4.28. The van der Waals surface area contributed by atoms with E-state index in [0.29, 0.717) is 40.1 Å². The second kappa shape index (κ2) is 6.85. The average Bonchev–Trinajstić information content (AvgIpc) is 3.19. The first kappa shape index (κ1) is 17.2. The van der Waals surface area contributed by atoms with Gasteiger partial charge in [-0.3, -0.25) is 4.79 Å². The minimum atomic E-state index is -0.549. The fourth-order valence-corrected chi connectivity index (χ4v) is 3.06. The van der Waals surface area contributed by atoms with Gasteiger partial charge in [0.25, 0.3) is 5.91 Å². The third kappa shape index (κ3) is 3.17. The van der Waals surface area contributed by atoms with Crippen LogP contribution < -0.4 is 24.4 Å². The molecule has 0 bridgehead atoms. The maximum atomic E-state index is 12.8. The minimum absolute atomic E-state index is 0.124. The van der Waals surface area contributed by atoms with Crippen LogP contribution in [0.3, 0.4) is 0 Å². The van der Waals surface area contributed by atoms with E-state index < -0.39 is 11.9 Å². The predicted molar refractivity (Wildman–Crippen MR) is 99.2 cm³/mol. The number of ether oxygens (including phenoxy) is 3. The van der Waals surface area contributed by atoms with Crippen LogP contribution in [-0.4, -0.2) is 25.3 Å². The van der Waals surface area contributed by atoms with Gasteiger partial charge in [-0.05, 0) is 37.3 Å². The Morgan fingerprint density at radius 3 is 2.74 bits per heavy atom. The Morgan fingerprint density at radius 2 is 2.00 bits per heavy atom. The molecular formula is C19H15ClN2O5. The van der Waals surface area contributed by atoms with Gasteiger partial charge in [0.1, 0.15) is 11.4 Å². The van der Waals surface area contributed by atoms with Gasteiger partial charge < -0.3 is 19.5 Å². The zero-order chi connectivity index (χ0) is 19.0. The highest BCUT2D eigenvalue weighted by molar-refractivity contribution is 6.32. The molecule has 2 aliphatic rings. The van der Waals surface area contributed by atoms with E-state index in [4.69, 9.17) is 25.8 Å². The van der Waals surface area contributed by atoms with Gasteiger partial charge in [-0.2, -0.15) is 0 Å². The van der Waals surface area contributed by atoms with Gasteiger partial charge in [0.2, 0.25) is 6.79 Å². The largest absolute Gasteiger partial charge is 0.493 e. The quantitative estimate of drug-likeness (QED) is 0.642. The maximum absolute atomic E-state index is 12.8. The summed E-state index contributed by atoms with van der Waals surface area (Å²) in [4.78, 5) is 26.1. The van der Waals surface area contributed by atoms with E-state index in [-0.39, 0.29) is 12.5 Å². The zero-order valence-corrected chi connectivity index (χ0v) is 15.1. The molecule has 138 valence electrons. The number of hydrogen-bond acceptors (Lipinski definition) is 5. The topological polar surface area (TPSA) is 77.1 Å². The van der Waals surface area contributed by atoms with Crippen LogP contribution in [-0.2, 0) is 4.79 Å². The summed E-state index contributed by atoms with van der Waals surface area (Å²) in [7, 11) is 0. The number of fused-ring (bicyclic) bond motifs is 1. The van der Waals surface area contributed by atoms with Crippen molar-refractivity contribution in [1.29, 1.82) is 0 Å². The lowest BCUT2D eigenvalue weighted by Gasteiger charge is -2.12. The summed E-state index contributed by atoms with van der Waals surface area (Å²) in [5, 5.41) is 3.02. The van der Waals surface area contributed by atoms with Crippen molar-refractivity contribution in [2.24, 2.45) is 0 Å². The van der Waals surface area contributed by atoms with E-state index in [1.54, 1.807) is 42.5 Å². The number of amides is 3. The molecule has 0 aromatic heterocycles. The highest BCUT2D eigenvalue weighted by atomic mass is 35.5. The van der Waals surface area contributed by atoms with Crippen LogP contribution in [0.25, 0.3) is 6.08 Å². The summed E-state index contributed by atoms with van der Waals surface area (Å²) in [6.45, 7) is 2.41. The van der Waals surface area contributed by atoms with Crippen molar-refractivity contribution in [2.45, 2.75) is 6.92 Å². The van der Waals surface area contributed by atoms with Gasteiger partial charge in [-0.1, -0.05) is 17.7 Å². The SMILES string of the molecule is CCOc1cc2c(cc1C=C1NC(=O)N(c3cccc(Cl)c3)C1=O)OCO2. The van der Waals surface area contributed by atoms with E-state index in [9.17, 15) is 9.59 Å². The molecular weight excluding hydrogens is 372 g/mol. The first-order valence-corrected chi connectivity index (χ1v) is 8.63. The van der Waals surface area contributed by atoms with Crippen molar-refractivity contribution < 1.29 is 23.8 Å². The molecule has 0 saturated carbocycles. The zero-order valence-electron chi connectivity index (χ0n) is 14.3. The molecule has 7 nitrogen and oxygen atoms in total. The van der Waals surface area contributed by atoms with E-state index in [2.05, 4.69) is 5.32 Å². The van der Waals surface area contributed by atoms with Crippen LogP contribution in [0.5, 0.6) is 17.2 Å². The molecule has 0 unspecified atom stereocenters. The Kier molecular flexibility index (Phi) is 4.37. The van der Waals surface area contributed by atoms with Crippen molar-refractivity contribution in [1.82, 2.24) is 5.32 Å². The molecule has 4 rings (SSSR count). The Labute approximate surface area is 160 Å². The van der Waals surface area contributed by atoms with E-state index in [1.807, 2.05) is 6.92 Å². The van der Waals surface area contributed by atoms with Crippen molar-refractivity contribution in [2.75, 3.05) is 18.3 Å². The first-order chi connectivity index (χ1) is 13.1. The molecule has 1 fully saturated rings. The van der Waals surface area contributed by atoms with Gasteiger partial charge >= 0.3 is 6.03 Å². The van der Waals surface area contributed by atoms with Gasteiger partial charge in [0, 0.05) is 16.7 Å². The number of nitrogens with one attached hydrogen (secondary N) is 1. The number of benzene rings is 2. The van der Waals surface area contributed by atoms with Gasteiger partial charge in [0.15, 0.2) is 11.5 Å². The Bertz CT molecular complexity index is 973. The molecule has 1 N–H and O–H groups in total. The van der Waals surface area contributed by atoms with Crippen molar-refractivity contribution in [3.05, 3.63) is 52.7 Å². The second-order valence-corrected chi connectivity index (χ2v) is 6.22. The molecule has 0 atom stereocenters. The van der Waals surface area contributed by atoms with Crippen LogP contribution in [0.4, 0.5) is 10.5 Å². The van der Waals surface area contributed by atoms with E-state index in [1.165, 1.54) is 0 Å². The molecule has 0 spiro atoms. The molecule has 1 saturated heterocycles. The van der Waals surface area contributed by atoms with Crippen molar-refractivity contribution in [3.63, 3.8) is 0 Å². The third-order valence-electron chi connectivity index (χ3n) is 4.05. The number of urea groups is 1. The minimum Gasteiger partial charge on any atom is -0.493 e. The van der Waals surface area contributed by atoms with Gasteiger partial charge in [-0.15, -0.1) is 0 Å². The maximum Gasteiger partial charge on any atom is 0.333 e. The second-order valence-electron chi connectivity index (χ2n) is 5.78. The monoisotopic (exact) mass is 386 g/mol. The van der Waals surface area contributed by atoms with Gasteiger partial charge in [-0.25, -0.2) is 9.69 Å². The number of halogens is 1. The molecule has 0 aliphatic carbocycles. The molecule has 2 aromatic rings. The highest BCUT2D eigenvalue weighted by Crippen LogP contribution is 2.39. The van der Waals surface area contributed by atoms with Crippen LogP contribution >= 0.6 is 11.6 Å². The van der Waals surface area contributed by atoms with Crippen molar-refractivity contribution in [3.8, 4) is 17.2 Å². The highest BCUT2D eigenvalue weighted by Gasteiger charge is 2.35. The fourth-order valence-electron chi connectivity index (χ4n) is 2.87. The van der Waals surface area contributed by atoms with Crippen LogP contribution in [0.15, 0.2) is 42.1 Å². The number of nitrogens with zero attached hydrogens (tertiary/aromatic N) is 1. The Morgan fingerprint density at radius 1 is 1.22 bits per heavy atom. The molecule has 2 aromatic carbocycles. The molecule has 0 radical (unpaired) electrons. The number of carbonyl (C=O) groups excluding carboxylic acids is 2. The lowest BCUT2D eigenvalue weighted by molar-refractivity contribution is -0.113. The first-order valence-electron chi connectivity index (χ1n) is 8.26. The molecule has 2 aliphatic heterocycles. The molecule has 27 heavy (non-hydrogen) atoms. The number of rotatable bonds is 4. The molecule has 3 amide bonds. The molecule has 8 heteroatoms. The fraction of sp³-hybridized carbons (Fsp3) is 0.158. The number of hydrogen-bond donors (Lipinski definition) is 1. The summed E-state index contributed by atoms with van der Waals surface area (Å²) < 4.78 is 16.4. The Balaban J connectivity index is 1.71. The summed E-state index contributed by atoms with van der Waals surface area (Å²) in [5.74, 6) is 1.16. The predicted octanol–water partition coefficient (Wildman–Crippen LogP) is 3.56. The van der Waals surface area contributed by atoms with Crippen LogP contribution in [0.1, 0.15) is 12.5 Å². The summed E-state index contributed by atoms with van der Waals surface area (Å²) in [5.41, 5.74) is 1.11. The normalized spacial score (nSPS) is 16.8. The molecule has 2 heterocycles. The smallest absolute Gasteiger partial charge is 0.333 e. The van der Waals surface area contributed by atoms with Crippen LogP contribution in [0.2, 0.25) is 5.02 Å². The van der Waals surface area contributed by atoms with Crippen LogP contribution in [0, 0.1) is 0 Å². The average molecular weight is 387 g/mol. The number of imide groups is 1. The number of anilines is 1. The van der Waals surface area contributed by atoms with Crippen molar-refractivity contribution >= 4 is 35.3 Å². The lowest BCUT2D eigenvalue weighted by Crippen LogP contribution is -2.30. The Hall–Kier alpha value is -3.19. The summed E-state index contributed by atoms with van der Waals surface area (Å²) in [6.07, 6.45) is 1.55. The standard InChI is InChI=1S/C19H15ClN2O5/c1-2-25-15-9-17-16(26-10-27-17)7-11(15)6-14-18(23)22(19(24)21-14)13-5-3-4-12(20)8-13/h3-9H,2,10H2,1H3,(H,21,24). The van der Waals surface area contributed by atoms with Gasteiger partial charge in [0.05, 0.1) is 12.3 Å². The summed E-state index contributed by atoms with van der Waals surface area (Å²) >= 11 is 5.97. The number of carbonyl (C=O) groups is 2. The lowest BCUT2D eigenvalue weighted by atomic mass is 10.1. The summed E-state index contributed by atoms with van der Waals surface area (Å²) in [6, 6.07) is 9.39.